The van der Waals surface area contributed by atoms with Crippen molar-refractivity contribution < 1.29 is 19.0 Å². The van der Waals surface area contributed by atoms with E-state index in [1.54, 1.807) is 27.4 Å². The van der Waals surface area contributed by atoms with Crippen molar-refractivity contribution in [3.05, 3.63) is 71.8 Å². The summed E-state index contributed by atoms with van der Waals surface area (Å²) in [6, 6.07) is 18.9. The van der Waals surface area contributed by atoms with Crippen LogP contribution in [0.5, 0.6) is 17.2 Å². The number of aromatic nitrogens is 1. The van der Waals surface area contributed by atoms with Crippen LogP contribution in [0.15, 0.2) is 60.7 Å². The Balaban J connectivity index is 1.86. The molecule has 0 amide bonds. The van der Waals surface area contributed by atoms with E-state index in [0.717, 1.165) is 39.0 Å². The smallest absolute Gasteiger partial charge is 0.195 e. The first kappa shape index (κ1) is 18.2. The molecule has 5 heteroatoms. The zero-order valence-electron chi connectivity index (χ0n) is 16.9. The maximum Gasteiger partial charge on any atom is 0.195 e. The molecule has 5 rings (SSSR count). The molecular weight excluding hydrogens is 378 g/mol. The Hall–Kier alpha value is -3.86. The molecule has 0 atom stereocenters. The summed E-state index contributed by atoms with van der Waals surface area (Å²) in [6.07, 6.45) is 0. The van der Waals surface area contributed by atoms with Gasteiger partial charge in [-0.1, -0.05) is 0 Å². The third-order valence-electron chi connectivity index (χ3n) is 5.52. The first-order valence-corrected chi connectivity index (χ1v) is 9.54. The molecule has 0 fully saturated rings. The number of carbonyl (C=O) groups excluding carboxylic acids is 1. The summed E-state index contributed by atoms with van der Waals surface area (Å²) in [6.45, 7) is 0. The number of ether oxygens (including phenoxy) is 3. The molecule has 0 N–H and O–H groups in total. The van der Waals surface area contributed by atoms with E-state index < -0.39 is 0 Å². The van der Waals surface area contributed by atoms with Crippen molar-refractivity contribution >= 4 is 16.7 Å². The molecule has 0 bridgehead atoms. The Bertz CT molecular complexity index is 1310. The second-order valence-electron chi connectivity index (χ2n) is 7.06. The molecule has 4 aromatic rings. The number of hydrogen-bond donors (Lipinski definition) is 0. The Kier molecular flexibility index (Phi) is 4.17. The zero-order chi connectivity index (χ0) is 20.8. The third-order valence-corrected chi connectivity index (χ3v) is 5.52. The van der Waals surface area contributed by atoms with Crippen molar-refractivity contribution in [2.24, 2.45) is 0 Å². The first-order chi connectivity index (χ1) is 14.6. The molecule has 1 aliphatic rings. The van der Waals surface area contributed by atoms with Crippen LogP contribution in [0, 0.1) is 0 Å². The largest absolute Gasteiger partial charge is 0.497 e. The fourth-order valence-electron chi connectivity index (χ4n) is 4.02. The molecule has 0 saturated carbocycles. The van der Waals surface area contributed by atoms with Gasteiger partial charge < -0.3 is 14.2 Å². The summed E-state index contributed by atoms with van der Waals surface area (Å²) in [4.78, 5) is 18.5. The van der Waals surface area contributed by atoms with E-state index in [2.05, 4.69) is 0 Å². The normalized spacial score (nSPS) is 11.9. The molecule has 3 aromatic carbocycles. The molecule has 0 saturated heterocycles. The van der Waals surface area contributed by atoms with Crippen LogP contribution in [-0.4, -0.2) is 32.1 Å². The summed E-state index contributed by atoms with van der Waals surface area (Å²) in [5, 5.41) is 0.779. The Morgan fingerprint density at radius 3 is 2.00 bits per heavy atom. The van der Waals surface area contributed by atoms with Gasteiger partial charge in [0.05, 0.1) is 32.5 Å². The summed E-state index contributed by atoms with van der Waals surface area (Å²) in [5.41, 5.74) is 5.39. The van der Waals surface area contributed by atoms with Gasteiger partial charge in [0.1, 0.15) is 17.2 Å². The number of hydrogen-bond acceptors (Lipinski definition) is 5. The first-order valence-electron chi connectivity index (χ1n) is 9.54. The van der Waals surface area contributed by atoms with Gasteiger partial charge in [-0.2, -0.15) is 0 Å². The minimum Gasteiger partial charge on any atom is -0.497 e. The van der Waals surface area contributed by atoms with Crippen molar-refractivity contribution in [3.8, 4) is 39.6 Å². The van der Waals surface area contributed by atoms with Crippen LogP contribution in [0.25, 0.3) is 33.3 Å². The number of ketones is 1. The average Bonchev–Trinajstić information content (AvgIpc) is 3.10. The maximum atomic E-state index is 13.5. The molecule has 30 heavy (non-hydrogen) atoms. The lowest BCUT2D eigenvalue weighted by atomic mass is 9.96. The van der Waals surface area contributed by atoms with Gasteiger partial charge in [0.2, 0.25) is 0 Å². The number of benzene rings is 3. The lowest BCUT2D eigenvalue weighted by Crippen LogP contribution is -2.00. The second-order valence-corrected chi connectivity index (χ2v) is 7.06. The SMILES string of the molecule is COc1ccc(-c2nc3ccc(OC)cc3c3c2-c2ccc(OC)cc2C3=O)cc1. The molecule has 148 valence electrons. The summed E-state index contributed by atoms with van der Waals surface area (Å²) in [7, 11) is 4.84. The fourth-order valence-corrected chi connectivity index (χ4v) is 4.02. The van der Waals surface area contributed by atoms with Crippen LogP contribution in [-0.2, 0) is 0 Å². The lowest BCUT2D eigenvalue weighted by Gasteiger charge is -2.13. The van der Waals surface area contributed by atoms with Crippen LogP contribution in [0.2, 0.25) is 0 Å². The molecule has 5 nitrogen and oxygen atoms in total. The number of pyridine rings is 1. The number of fused-ring (bicyclic) bond motifs is 5. The quantitative estimate of drug-likeness (QED) is 0.420. The highest BCUT2D eigenvalue weighted by molar-refractivity contribution is 6.29. The van der Waals surface area contributed by atoms with E-state index >= 15 is 0 Å². The zero-order valence-corrected chi connectivity index (χ0v) is 16.9. The minimum absolute atomic E-state index is 0.0330. The van der Waals surface area contributed by atoms with E-state index in [9.17, 15) is 4.79 Å². The topological polar surface area (TPSA) is 57.6 Å². The van der Waals surface area contributed by atoms with Crippen molar-refractivity contribution in [2.75, 3.05) is 21.3 Å². The standard InChI is InChI=1S/C25H19NO4/c1-28-15-6-4-14(5-7-15)24-22-18-10-8-16(29-2)12-19(18)25(27)23(22)20-13-17(30-3)9-11-21(20)26-24/h4-13H,1-3H3. The molecule has 1 aromatic heterocycles. The fraction of sp³-hybridized carbons (Fsp3) is 0.120. The van der Waals surface area contributed by atoms with E-state index in [1.807, 2.05) is 54.6 Å². The van der Waals surface area contributed by atoms with Gasteiger partial charge in [0.15, 0.2) is 5.78 Å². The Labute approximate surface area is 173 Å². The van der Waals surface area contributed by atoms with Gasteiger partial charge >= 0.3 is 0 Å². The predicted octanol–water partition coefficient (Wildman–Crippen LogP) is 5.14. The van der Waals surface area contributed by atoms with E-state index in [4.69, 9.17) is 19.2 Å². The van der Waals surface area contributed by atoms with Gasteiger partial charge in [-0.3, -0.25) is 4.79 Å². The highest BCUT2D eigenvalue weighted by atomic mass is 16.5. The molecule has 0 aliphatic heterocycles. The van der Waals surface area contributed by atoms with Gasteiger partial charge in [-0.15, -0.1) is 0 Å². The number of rotatable bonds is 4. The molecular formula is C25H19NO4. The third kappa shape index (κ3) is 2.63. The van der Waals surface area contributed by atoms with E-state index in [0.29, 0.717) is 22.6 Å². The van der Waals surface area contributed by atoms with Crippen molar-refractivity contribution in [2.45, 2.75) is 0 Å². The summed E-state index contributed by atoms with van der Waals surface area (Å²) in [5.74, 6) is 2.07. The van der Waals surface area contributed by atoms with Crippen molar-refractivity contribution in [1.82, 2.24) is 4.98 Å². The molecule has 1 aliphatic carbocycles. The van der Waals surface area contributed by atoms with Crippen LogP contribution in [0.3, 0.4) is 0 Å². The van der Waals surface area contributed by atoms with Crippen LogP contribution >= 0.6 is 0 Å². The maximum absolute atomic E-state index is 13.5. The van der Waals surface area contributed by atoms with Crippen LogP contribution in [0.4, 0.5) is 0 Å². The molecule has 0 spiro atoms. The molecule has 1 heterocycles. The van der Waals surface area contributed by atoms with Crippen molar-refractivity contribution in [1.29, 1.82) is 0 Å². The monoisotopic (exact) mass is 397 g/mol. The van der Waals surface area contributed by atoms with Crippen molar-refractivity contribution in [3.63, 3.8) is 0 Å². The number of nitrogens with zero attached hydrogens (tertiary/aromatic N) is 1. The average molecular weight is 397 g/mol. The van der Waals surface area contributed by atoms with E-state index in [-0.39, 0.29) is 5.78 Å². The van der Waals surface area contributed by atoms with Gasteiger partial charge in [-0.25, -0.2) is 4.98 Å². The van der Waals surface area contributed by atoms with Gasteiger partial charge in [0, 0.05) is 27.6 Å². The van der Waals surface area contributed by atoms with Crippen LogP contribution in [0.1, 0.15) is 15.9 Å². The van der Waals surface area contributed by atoms with Gasteiger partial charge in [0.25, 0.3) is 0 Å². The van der Waals surface area contributed by atoms with Crippen LogP contribution < -0.4 is 14.2 Å². The summed E-state index contributed by atoms with van der Waals surface area (Å²) < 4.78 is 16.0. The lowest BCUT2D eigenvalue weighted by molar-refractivity contribution is 0.104. The Morgan fingerprint density at radius 2 is 1.30 bits per heavy atom. The molecule has 0 unspecified atom stereocenters. The highest BCUT2D eigenvalue weighted by Gasteiger charge is 2.33. The number of carbonyl (C=O) groups is 1. The molecule has 0 radical (unpaired) electrons. The highest BCUT2D eigenvalue weighted by Crippen LogP contribution is 2.46. The Morgan fingerprint density at radius 1 is 0.667 bits per heavy atom. The second kappa shape index (κ2) is 6.88. The van der Waals surface area contributed by atoms with E-state index in [1.165, 1.54) is 0 Å². The predicted molar refractivity (Wildman–Crippen MR) is 116 cm³/mol. The number of methoxy groups -OCH3 is 3. The van der Waals surface area contributed by atoms with Gasteiger partial charge in [-0.05, 0) is 66.2 Å². The summed E-state index contributed by atoms with van der Waals surface area (Å²) >= 11 is 0. The minimum atomic E-state index is -0.0330.